The van der Waals surface area contributed by atoms with Gasteiger partial charge in [-0.25, -0.2) is 0 Å². The van der Waals surface area contributed by atoms with Gasteiger partial charge in [-0.15, -0.1) is 0 Å². The minimum atomic E-state index is -0.0531. The lowest BCUT2D eigenvalue weighted by Crippen LogP contribution is -2.50. The first-order valence-corrected chi connectivity index (χ1v) is 10.2. The Labute approximate surface area is 172 Å². The topological polar surface area (TPSA) is 64.4 Å². The van der Waals surface area contributed by atoms with Crippen molar-refractivity contribution < 1.29 is 9.59 Å². The summed E-state index contributed by atoms with van der Waals surface area (Å²) in [7, 11) is 0. The SMILES string of the molecule is CC(C)CCC(=O)N1CCN(C(=O)c2ccccc2-c2ccccc2C#N)CC1. The van der Waals surface area contributed by atoms with Gasteiger partial charge in [0.25, 0.3) is 5.91 Å². The van der Waals surface area contributed by atoms with E-state index in [0.29, 0.717) is 49.6 Å². The van der Waals surface area contributed by atoms with Crippen LogP contribution in [0.1, 0.15) is 42.6 Å². The van der Waals surface area contributed by atoms with Crippen LogP contribution in [0.25, 0.3) is 11.1 Å². The second-order valence-electron chi connectivity index (χ2n) is 7.81. The molecule has 0 radical (unpaired) electrons. The van der Waals surface area contributed by atoms with Crippen LogP contribution in [0.5, 0.6) is 0 Å². The van der Waals surface area contributed by atoms with Gasteiger partial charge < -0.3 is 9.80 Å². The average molecular weight is 389 g/mol. The van der Waals surface area contributed by atoms with Gasteiger partial charge in [-0.1, -0.05) is 50.2 Å². The average Bonchev–Trinajstić information content (AvgIpc) is 2.77. The molecular weight excluding hydrogens is 362 g/mol. The third kappa shape index (κ3) is 4.83. The molecule has 1 heterocycles. The lowest BCUT2D eigenvalue weighted by atomic mass is 9.95. The Bertz CT molecular complexity index is 922. The molecule has 1 aliphatic heterocycles. The van der Waals surface area contributed by atoms with Crippen molar-refractivity contribution in [3.63, 3.8) is 0 Å². The fourth-order valence-corrected chi connectivity index (χ4v) is 3.62. The first kappa shape index (κ1) is 20.6. The third-order valence-electron chi connectivity index (χ3n) is 5.35. The lowest BCUT2D eigenvalue weighted by Gasteiger charge is -2.35. The van der Waals surface area contributed by atoms with Gasteiger partial charge >= 0.3 is 0 Å². The first-order chi connectivity index (χ1) is 14.0. The number of benzene rings is 2. The monoisotopic (exact) mass is 389 g/mol. The van der Waals surface area contributed by atoms with E-state index in [1.54, 1.807) is 11.0 Å². The molecule has 1 saturated heterocycles. The highest BCUT2D eigenvalue weighted by Gasteiger charge is 2.26. The van der Waals surface area contributed by atoms with Crippen LogP contribution in [0.15, 0.2) is 48.5 Å². The number of carbonyl (C=O) groups excluding carboxylic acids is 2. The van der Waals surface area contributed by atoms with Gasteiger partial charge in [0.1, 0.15) is 0 Å². The normalized spacial score (nSPS) is 14.0. The quantitative estimate of drug-likeness (QED) is 0.778. The minimum absolute atomic E-state index is 0.0531. The number of hydrogen-bond acceptors (Lipinski definition) is 3. The van der Waals surface area contributed by atoms with Gasteiger partial charge in [-0.05, 0) is 30.0 Å². The van der Waals surface area contributed by atoms with Crippen LogP contribution in [0.4, 0.5) is 0 Å². The molecule has 0 bridgehead atoms. The van der Waals surface area contributed by atoms with Crippen molar-refractivity contribution in [1.29, 1.82) is 5.26 Å². The molecule has 1 fully saturated rings. The van der Waals surface area contributed by atoms with Crippen LogP contribution < -0.4 is 0 Å². The summed E-state index contributed by atoms with van der Waals surface area (Å²) in [5.41, 5.74) is 2.68. The zero-order valence-corrected chi connectivity index (χ0v) is 17.1. The number of nitriles is 1. The number of amides is 2. The van der Waals surface area contributed by atoms with Gasteiger partial charge in [-0.2, -0.15) is 5.26 Å². The van der Waals surface area contributed by atoms with E-state index < -0.39 is 0 Å². The molecule has 5 heteroatoms. The summed E-state index contributed by atoms with van der Waals surface area (Å²) in [4.78, 5) is 29.2. The fraction of sp³-hybridized carbons (Fsp3) is 0.375. The minimum Gasteiger partial charge on any atom is -0.339 e. The highest BCUT2D eigenvalue weighted by molar-refractivity contribution is 6.01. The molecule has 0 saturated carbocycles. The summed E-state index contributed by atoms with van der Waals surface area (Å²) < 4.78 is 0. The molecule has 2 aromatic carbocycles. The molecule has 0 unspecified atom stereocenters. The maximum absolute atomic E-state index is 13.2. The molecule has 0 N–H and O–H groups in total. The zero-order chi connectivity index (χ0) is 20.8. The van der Waals surface area contributed by atoms with Gasteiger partial charge in [0.15, 0.2) is 0 Å². The van der Waals surface area contributed by atoms with E-state index in [-0.39, 0.29) is 11.8 Å². The molecule has 29 heavy (non-hydrogen) atoms. The molecular formula is C24H27N3O2. The largest absolute Gasteiger partial charge is 0.339 e. The number of piperazine rings is 1. The van der Waals surface area contributed by atoms with E-state index in [4.69, 9.17) is 0 Å². The third-order valence-corrected chi connectivity index (χ3v) is 5.35. The Morgan fingerprint density at radius 1 is 0.931 bits per heavy atom. The van der Waals surface area contributed by atoms with E-state index in [1.165, 1.54) is 0 Å². The Kier molecular flexibility index (Phi) is 6.66. The smallest absolute Gasteiger partial charge is 0.254 e. The first-order valence-electron chi connectivity index (χ1n) is 10.2. The molecule has 0 aliphatic carbocycles. The van der Waals surface area contributed by atoms with Crippen LogP contribution in [0, 0.1) is 17.2 Å². The van der Waals surface area contributed by atoms with Crippen molar-refractivity contribution in [2.45, 2.75) is 26.7 Å². The van der Waals surface area contributed by atoms with Crippen LogP contribution in [0.2, 0.25) is 0 Å². The van der Waals surface area contributed by atoms with Crippen molar-refractivity contribution in [1.82, 2.24) is 9.80 Å². The molecule has 0 spiro atoms. The Balaban J connectivity index is 1.73. The van der Waals surface area contributed by atoms with Crippen LogP contribution in [0.3, 0.4) is 0 Å². The molecule has 0 atom stereocenters. The van der Waals surface area contributed by atoms with E-state index >= 15 is 0 Å². The van der Waals surface area contributed by atoms with E-state index in [9.17, 15) is 14.9 Å². The molecule has 150 valence electrons. The lowest BCUT2D eigenvalue weighted by molar-refractivity contribution is -0.132. The number of nitrogens with zero attached hydrogens (tertiary/aromatic N) is 3. The Morgan fingerprint density at radius 2 is 1.52 bits per heavy atom. The van der Waals surface area contributed by atoms with Crippen LogP contribution in [-0.2, 0) is 4.79 Å². The molecule has 3 rings (SSSR count). The van der Waals surface area contributed by atoms with Gasteiger partial charge in [-0.3, -0.25) is 9.59 Å². The Morgan fingerprint density at radius 3 is 2.17 bits per heavy atom. The summed E-state index contributed by atoms with van der Waals surface area (Å²) in [5.74, 6) is 0.631. The van der Waals surface area contributed by atoms with Gasteiger partial charge in [0, 0.05) is 43.7 Å². The number of rotatable bonds is 5. The highest BCUT2D eigenvalue weighted by Crippen LogP contribution is 2.28. The van der Waals surface area contributed by atoms with E-state index in [2.05, 4.69) is 19.9 Å². The van der Waals surface area contributed by atoms with Crippen molar-refractivity contribution in [3.8, 4) is 17.2 Å². The van der Waals surface area contributed by atoms with Crippen molar-refractivity contribution >= 4 is 11.8 Å². The van der Waals surface area contributed by atoms with Gasteiger partial charge in [0.2, 0.25) is 5.91 Å². The van der Waals surface area contributed by atoms with Crippen molar-refractivity contribution in [3.05, 3.63) is 59.7 Å². The maximum atomic E-state index is 13.2. The summed E-state index contributed by atoms with van der Waals surface area (Å²) in [5, 5.41) is 9.43. The van der Waals surface area contributed by atoms with Crippen LogP contribution >= 0.6 is 0 Å². The summed E-state index contributed by atoms with van der Waals surface area (Å²) in [6, 6.07) is 17.0. The van der Waals surface area contributed by atoms with E-state index in [1.807, 2.05) is 47.4 Å². The molecule has 1 aliphatic rings. The summed E-state index contributed by atoms with van der Waals surface area (Å²) >= 11 is 0. The predicted molar refractivity (Wildman–Crippen MR) is 113 cm³/mol. The Hall–Kier alpha value is -3.13. The second kappa shape index (κ2) is 9.38. The number of hydrogen-bond donors (Lipinski definition) is 0. The second-order valence-corrected chi connectivity index (χ2v) is 7.81. The zero-order valence-electron chi connectivity index (χ0n) is 17.1. The molecule has 2 amide bonds. The molecule has 0 aromatic heterocycles. The summed E-state index contributed by atoms with van der Waals surface area (Å²) in [6.07, 6.45) is 1.46. The standard InChI is InChI=1S/C24H27N3O2/c1-18(2)11-12-23(28)26-13-15-27(16-14-26)24(29)22-10-6-5-9-21(22)20-8-4-3-7-19(20)17-25/h3-10,18H,11-16H2,1-2H3. The van der Waals surface area contributed by atoms with Crippen molar-refractivity contribution in [2.75, 3.05) is 26.2 Å². The summed E-state index contributed by atoms with van der Waals surface area (Å²) in [6.45, 7) is 6.43. The maximum Gasteiger partial charge on any atom is 0.254 e. The molecule has 2 aromatic rings. The van der Waals surface area contributed by atoms with Crippen LogP contribution in [-0.4, -0.2) is 47.8 Å². The van der Waals surface area contributed by atoms with Gasteiger partial charge in [0.05, 0.1) is 11.6 Å². The highest BCUT2D eigenvalue weighted by atomic mass is 16.2. The van der Waals surface area contributed by atoms with E-state index in [0.717, 1.165) is 17.5 Å². The molecule has 5 nitrogen and oxygen atoms in total. The number of carbonyl (C=O) groups is 2. The predicted octanol–water partition coefficient (Wildman–Crippen LogP) is 3.95. The fourth-order valence-electron chi connectivity index (χ4n) is 3.62. The van der Waals surface area contributed by atoms with Crippen molar-refractivity contribution in [2.24, 2.45) is 5.92 Å².